The summed E-state index contributed by atoms with van der Waals surface area (Å²) in [4.78, 5) is 0. The summed E-state index contributed by atoms with van der Waals surface area (Å²) in [6.07, 6.45) is 3.30. The van der Waals surface area contributed by atoms with Gasteiger partial charge < -0.3 is 5.73 Å². The molecule has 64 valence electrons. The van der Waals surface area contributed by atoms with Gasteiger partial charge in [0.15, 0.2) is 0 Å². The Hall–Kier alpha value is -1.31. The first-order chi connectivity index (χ1) is 6.31. The lowest BCUT2D eigenvalue weighted by Crippen LogP contribution is -1.72. The van der Waals surface area contributed by atoms with E-state index in [1.54, 1.807) is 22.7 Å². The predicted octanol–water partition coefficient (Wildman–Crippen LogP) is 3.08. The van der Waals surface area contributed by atoms with Crippen molar-refractivity contribution in [2.45, 2.75) is 0 Å². The van der Waals surface area contributed by atoms with E-state index in [9.17, 15) is 0 Å². The summed E-state index contributed by atoms with van der Waals surface area (Å²) >= 11 is 3.22. The maximum absolute atomic E-state index is 8.39. The topological polar surface area (TPSA) is 49.8 Å². The van der Waals surface area contributed by atoms with Crippen molar-refractivity contribution in [2.24, 2.45) is 0 Å². The van der Waals surface area contributed by atoms with Crippen molar-refractivity contribution < 1.29 is 0 Å². The second-order valence-corrected chi connectivity index (χ2v) is 4.49. The highest BCUT2D eigenvalue weighted by atomic mass is 32.1. The highest BCUT2D eigenvalue weighted by Crippen LogP contribution is 2.35. The van der Waals surface area contributed by atoms with E-state index in [1.165, 1.54) is 15.5 Å². The fourth-order valence-electron chi connectivity index (χ4n) is 1.10. The molecule has 2 N–H and O–H groups in total. The number of rotatable bonds is 1. The van der Waals surface area contributed by atoms with Crippen molar-refractivity contribution in [1.29, 1.82) is 5.26 Å². The number of thiophene rings is 2. The van der Waals surface area contributed by atoms with Gasteiger partial charge in [-0.05, 0) is 12.1 Å². The van der Waals surface area contributed by atoms with Gasteiger partial charge in [-0.25, -0.2) is 0 Å². The van der Waals surface area contributed by atoms with Crippen LogP contribution in [0.3, 0.4) is 0 Å². The van der Waals surface area contributed by atoms with Crippen LogP contribution < -0.4 is 5.73 Å². The molecule has 0 aliphatic heterocycles. The molecule has 0 bridgehead atoms. The molecule has 0 saturated carbocycles. The Morgan fingerprint density at radius 2 is 2.38 bits per heavy atom. The minimum atomic E-state index is 0.827. The number of hydrogen-bond donors (Lipinski definition) is 1. The number of nitrogens with zero attached hydrogens (tertiary/aromatic N) is 1. The third-order valence-electron chi connectivity index (χ3n) is 1.63. The van der Waals surface area contributed by atoms with Crippen LogP contribution in [0.1, 0.15) is 5.56 Å². The van der Waals surface area contributed by atoms with Crippen molar-refractivity contribution in [3.05, 3.63) is 23.1 Å². The van der Waals surface area contributed by atoms with Crippen LogP contribution in [0, 0.1) is 11.3 Å². The molecule has 2 aromatic heterocycles. The number of nitrogen functional groups attached to an aromatic ring is 1. The minimum Gasteiger partial charge on any atom is -0.391 e. The minimum absolute atomic E-state index is 0.827. The summed E-state index contributed by atoms with van der Waals surface area (Å²) in [5, 5.41) is 11.3. The Kier molecular flexibility index (Phi) is 2.05. The SMILES string of the molecule is N#C/C=C/c1csc2cc(N)sc12. The number of fused-ring (bicyclic) bond motifs is 1. The quantitative estimate of drug-likeness (QED) is 0.729. The van der Waals surface area contributed by atoms with Gasteiger partial charge in [-0.15, -0.1) is 22.7 Å². The fraction of sp³-hybridized carbons (Fsp3) is 0. The maximum atomic E-state index is 8.39. The lowest BCUT2D eigenvalue weighted by molar-refractivity contribution is 1.54. The van der Waals surface area contributed by atoms with Gasteiger partial charge in [0.1, 0.15) is 0 Å². The Balaban J connectivity index is 2.57. The van der Waals surface area contributed by atoms with Crippen LogP contribution in [0.4, 0.5) is 5.00 Å². The van der Waals surface area contributed by atoms with Crippen LogP contribution in [-0.2, 0) is 0 Å². The maximum Gasteiger partial charge on any atom is 0.0912 e. The van der Waals surface area contributed by atoms with E-state index in [2.05, 4.69) is 0 Å². The summed E-state index contributed by atoms with van der Waals surface area (Å²) in [5.41, 5.74) is 6.75. The lowest BCUT2D eigenvalue weighted by atomic mass is 10.3. The van der Waals surface area contributed by atoms with Gasteiger partial charge >= 0.3 is 0 Å². The first kappa shape index (κ1) is 8.30. The zero-order chi connectivity index (χ0) is 9.26. The van der Waals surface area contributed by atoms with Crippen molar-refractivity contribution in [3.8, 4) is 6.07 Å². The summed E-state index contributed by atoms with van der Waals surface area (Å²) < 4.78 is 2.37. The normalized spacial score (nSPS) is 11.0. The van der Waals surface area contributed by atoms with Gasteiger partial charge in [-0.1, -0.05) is 0 Å². The average molecular weight is 206 g/mol. The molecule has 4 heteroatoms. The number of hydrogen-bond acceptors (Lipinski definition) is 4. The second-order valence-electron chi connectivity index (χ2n) is 2.50. The summed E-state index contributed by atoms with van der Waals surface area (Å²) in [6, 6.07) is 3.94. The third-order valence-corrected chi connectivity index (χ3v) is 3.72. The molecule has 13 heavy (non-hydrogen) atoms. The molecule has 0 aromatic carbocycles. The molecular weight excluding hydrogens is 200 g/mol. The van der Waals surface area contributed by atoms with Crippen molar-refractivity contribution in [1.82, 2.24) is 0 Å². The summed E-state index contributed by atoms with van der Waals surface area (Å²) in [7, 11) is 0. The van der Waals surface area contributed by atoms with Gasteiger partial charge in [0.25, 0.3) is 0 Å². The van der Waals surface area contributed by atoms with E-state index < -0.39 is 0 Å². The Bertz CT molecular complexity index is 499. The highest BCUT2D eigenvalue weighted by Gasteiger charge is 2.04. The molecule has 0 saturated heterocycles. The molecule has 0 atom stereocenters. The van der Waals surface area contributed by atoms with Crippen molar-refractivity contribution >= 4 is 43.2 Å². The molecule has 2 rings (SSSR count). The molecule has 0 spiro atoms. The Morgan fingerprint density at radius 3 is 3.15 bits per heavy atom. The smallest absolute Gasteiger partial charge is 0.0912 e. The molecule has 2 aromatic rings. The van der Waals surface area contributed by atoms with Crippen LogP contribution in [0.5, 0.6) is 0 Å². The van der Waals surface area contributed by atoms with Crippen LogP contribution in [0.2, 0.25) is 0 Å². The molecule has 0 aliphatic rings. The van der Waals surface area contributed by atoms with Crippen molar-refractivity contribution in [2.75, 3.05) is 5.73 Å². The van der Waals surface area contributed by atoms with Gasteiger partial charge in [-0.3, -0.25) is 0 Å². The van der Waals surface area contributed by atoms with Crippen molar-refractivity contribution in [3.63, 3.8) is 0 Å². The van der Waals surface area contributed by atoms with Crippen LogP contribution >= 0.6 is 22.7 Å². The number of anilines is 1. The zero-order valence-corrected chi connectivity index (χ0v) is 8.28. The molecule has 0 fully saturated rings. The lowest BCUT2D eigenvalue weighted by Gasteiger charge is -1.82. The number of nitrogens with two attached hydrogens (primary N) is 1. The van der Waals surface area contributed by atoms with Crippen LogP contribution in [0.15, 0.2) is 17.5 Å². The first-order valence-corrected chi connectivity index (χ1v) is 5.33. The molecular formula is C9H6N2S2. The molecule has 2 nitrogen and oxygen atoms in total. The molecule has 2 heterocycles. The van der Waals surface area contributed by atoms with Gasteiger partial charge in [0, 0.05) is 21.7 Å². The molecule has 0 radical (unpaired) electrons. The Labute approximate surface area is 83.5 Å². The largest absolute Gasteiger partial charge is 0.391 e. The van der Waals surface area contributed by atoms with E-state index in [4.69, 9.17) is 11.0 Å². The summed E-state index contributed by atoms with van der Waals surface area (Å²) in [6.45, 7) is 0. The van der Waals surface area contributed by atoms with Gasteiger partial charge in [0.2, 0.25) is 0 Å². The van der Waals surface area contributed by atoms with E-state index >= 15 is 0 Å². The van der Waals surface area contributed by atoms with Gasteiger partial charge in [-0.2, -0.15) is 5.26 Å². The third kappa shape index (κ3) is 1.44. The first-order valence-electron chi connectivity index (χ1n) is 3.64. The molecule has 0 aliphatic carbocycles. The molecule has 0 unspecified atom stereocenters. The monoisotopic (exact) mass is 206 g/mol. The fourth-order valence-corrected chi connectivity index (χ4v) is 3.21. The van der Waals surface area contributed by atoms with E-state index in [-0.39, 0.29) is 0 Å². The number of allylic oxidation sites excluding steroid dienone is 1. The summed E-state index contributed by atoms with van der Waals surface area (Å²) in [5.74, 6) is 0. The van der Waals surface area contributed by atoms with Gasteiger partial charge in [0.05, 0.1) is 15.8 Å². The van der Waals surface area contributed by atoms with E-state index in [0.717, 1.165) is 10.6 Å². The average Bonchev–Trinajstić information content (AvgIpc) is 2.61. The standard InChI is InChI=1S/C9H6N2S2/c10-3-1-2-6-5-12-7-4-8(11)13-9(6)7/h1-2,4-5H,11H2/b2-1+. The highest BCUT2D eigenvalue weighted by molar-refractivity contribution is 7.29. The predicted molar refractivity (Wildman–Crippen MR) is 58.8 cm³/mol. The van der Waals surface area contributed by atoms with Crippen LogP contribution in [-0.4, -0.2) is 0 Å². The van der Waals surface area contributed by atoms with Crippen LogP contribution in [0.25, 0.3) is 15.5 Å². The molecule has 0 amide bonds. The van der Waals surface area contributed by atoms with E-state index in [1.807, 2.05) is 23.6 Å². The van der Waals surface area contributed by atoms with E-state index in [0.29, 0.717) is 0 Å². The zero-order valence-electron chi connectivity index (χ0n) is 6.65. The number of nitriles is 1. The Morgan fingerprint density at radius 1 is 1.54 bits per heavy atom. The second kappa shape index (κ2) is 3.21.